The summed E-state index contributed by atoms with van der Waals surface area (Å²) in [7, 11) is 1.94. The average Bonchev–Trinajstić information content (AvgIpc) is 2.77. The third kappa shape index (κ3) is 3.25. The Morgan fingerprint density at radius 3 is 2.77 bits per heavy atom. The topological polar surface area (TPSA) is 35.2 Å². The van der Waals surface area contributed by atoms with Gasteiger partial charge >= 0.3 is 0 Å². The van der Waals surface area contributed by atoms with Crippen molar-refractivity contribution in [3.05, 3.63) is 34.1 Å². The van der Waals surface area contributed by atoms with Gasteiger partial charge < -0.3 is 9.30 Å². The number of aromatic nitrogens is 3. The lowest BCUT2D eigenvalue weighted by atomic mass is 10.2. The van der Waals surface area contributed by atoms with Crippen molar-refractivity contribution in [1.82, 2.24) is 19.2 Å². The van der Waals surface area contributed by atoms with Crippen molar-refractivity contribution >= 4 is 23.8 Å². The zero-order valence-electron chi connectivity index (χ0n) is 12.7. The second kappa shape index (κ2) is 6.50. The molecule has 0 N–H and O–H groups in total. The van der Waals surface area contributed by atoms with Crippen molar-refractivity contribution in [2.75, 3.05) is 19.7 Å². The highest BCUT2D eigenvalue weighted by Crippen LogP contribution is 2.20. The molecular formula is C15H19ClN4OS. The summed E-state index contributed by atoms with van der Waals surface area (Å²) in [4.78, 5) is 2.31. The summed E-state index contributed by atoms with van der Waals surface area (Å²) in [6, 6.07) is 7.65. The predicted molar refractivity (Wildman–Crippen MR) is 89.5 cm³/mol. The van der Waals surface area contributed by atoms with Crippen molar-refractivity contribution in [2.45, 2.75) is 19.7 Å². The first-order chi connectivity index (χ1) is 10.5. The molecule has 118 valence electrons. The molecule has 3 rings (SSSR count). The number of halogens is 1. The minimum absolute atomic E-state index is 0.252. The number of ether oxygens (including phenoxy) is 1. The molecule has 2 heterocycles. The van der Waals surface area contributed by atoms with Crippen LogP contribution in [-0.4, -0.2) is 45.0 Å². The number of morpholine rings is 1. The summed E-state index contributed by atoms with van der Waals surface area (Å²) in [6.45, 7) is 5.33. The Morgan fingerprint density at radius 1 is 1.36 bits per heavy atom. The summed E-state index contributed by atoms with van der Waals surface area (Å²) < 4.78 is 10.1. The van der Waals surface area contributed by atoms with Crippen LogP contribution in [0.25, 0.3) is 11.4 Å². The van der Waals surface area contributed by atoms with E-state index in [9.17, 15) is 0 Å². The number of hydrogen-bond acceptors (Lipinski definition) is 4. The van der Waals surface area contributed by atoms with Crippen LogP contribution in [-0.2, 0) is 18.5 Å². The van der Waals surface area contributed by atoms with Crippen molar-refractivity contribution in [3.63, 3.8) is 0 Å². The van der Waals surface area contributed by atoms with Crippen molar-refractivity contribution in [2.24, 2.45) is 7.05 Å². The molecule has 1 aromatic heterocycles. The van der Waals surface area contributed by atoms with E-state index in [2.05, 4.69) is 16.9 Å². The van der Waals surface area contributed by atoms with Gasteiger partial charge in [0.2, 0.25) is 0 Å². The normalized spacial score (nSPS) is 19.5. The van der Waals surface area contributed by atoms with Gasteiger partial charge in [0.1, 0.15) is 0 Å². The molecule has 0 amide bonds. The van der Waals surface area contributed by atoms with E-state index < -0.39 is 0 Å². The van der Waals surface area contributed by atoms with Crippen molar-refractivity contribution in [1.29, 1.82) is 0 Å². The maximum atomic E-state index is 5.95. The Balaban J connectivity index is 1.86. The molecule has 1 saturated heterocycles. The highest BCUT2D eigenvalue weighted by Gasteiger charge is 2.18. The minimum atomic E-state index is 0.252. The predicted octanol–water partition coefficient (Wildman–Crippen LogP) is 2.95. The van der Waals surface area contributed by atoms with E-state index in [-0.39, 0.29) is 6.10 Å². The third-order valence-electron chi connectivity index (χ3n) is 3.80. The van der Waals surface area contributed by atoms with E-state index in [0.29, 0.717) is 16.5 Å². The fraction of sp³-hybridized carbons (Fsp3) is 0.467. The van der Waals surface area contributed by atoms with Gasteiger partial charge in [-0.2, -0.15) is 5.10 Å². The Labute approximate surface area is 140 Å². The Hall–Kier alpha value is -1.21. The smallest absolute Gasteiger partial charge is 0.199 e. The fourth-order valence-corrected chi connectivity index (χ4v) is 2.95. The maximum absolute atomic E-state index is 5.95. The van der Waals surface area contributed by atoms with E-state index in [1.165, 1.54) is 0 Å². The molecule has 0 radical (unpaired) electrons. The molecule has 0 bridgehead atoms. The fourth-order valence-electron chi connectivity index (χ4n) is 2.64. The number of benzene rings is 1. The van der Waals surface area contributed by atoms with Crippen LogP contribution in [0, 0.1) is 4.77 Å². The Kier molecular flexibility index (Phi) is 4.63. The van der Waals surface area contributed by atoms with E-state index >= 15 is 0 Å². The molecule has 1 atom stereocenters. The number of hydrogen-bond donors (Lipinski definition) is 0. The van der Waals surface area contributed by atoms with Crippen LogP contribution >= 0.6 is 23.8 Å². The van der Waals surface area contributed by atoms with Crippen LogP contribution in [0.3, 0.4) is 0 Å². The molecule has 0 aliphatic carbocycles. The van der Waals surface area contributed by atoms with E-state index in [0.717, 1.165) is 31.1 Å². The van der Waals surface area contributed by atoms with Crippen molar-refractivity contribution < 1.29 is 4.74 Å². The van der Waals surface area contributed by atoms with Gasteiger partial charge in [0.05, 0.1) is 19.4 Å². The Morgan fingerprint density at radius 2 is 2.09 bits per heavy atom. The van der Waals surface area contributed by atoms with Gasteiger partial charge in [0, 0.05) is 30.7 Å². The molecule has 1 fully saturated rings. The van der Waals surface area contributed by atoms with Crippen LogP contribution < -0.4 is 0 Å². The molecule has 7 heteroatoms. The van der Waals surface area contributed by atoms with Gasteiger partial charge in [0.15, 0.2) is 10.6 Å². The lowest BCUT2D eigenvalue weighted by molar-refractivity contribution is -0.0307. The molecule has 0 spiro atoms. The van der Waals surface area contributed by atoms with E-state index in [1.807, 2.05) is 40.6 Å². The maximum Gasteiger partial charge on any atom is 0.199 e. The van der Waals surface area contributed by atoms with Crippen LogP contribution in [0.5, 0.6) is 0 Å². The second-order valence-corrected chi connectivity index (χ2v) is 6.37. The van der Waals surface area contributed by atoms with Gasteiger partial charge in [-0.05, 0) is 43.4 Å². The highest BCUT2D eigenvalue weighted by molar-refractivity contribution is 7.71. The van der Waals surface area contributed by atoms with Gasteiger partial charge in [-0.1, -0.05) is 11.6 Å². The minimum Gasteiger partial charge on any atom is -0.376 e. The summed E-state index contributed by atoms with van der Waals surface area (Å²) in [5, 5.41) is 5.39. The molecule has 1 aliphatic heterocycles. The Bertz CT molecular complexity index is 709. The second-order valence-electron chi connectivity index (χ2n) is 5.57. The van der Waals surface area contributed by atoms with Crippen LogP contribution in [0.4, 0.5) is 0 Å². The largest absolute Gasteiger partial charge is 0.376 e. The zero-order valence-corrected chi connectivity index (χ0v) is 14.3. The number of rotatable bonds is 3. The molecule has 0 saturated carbocycles. The molecule has 1 unspecified atom stereocenters. The SMILES string of the molecule is CC1CN(Cn2nc(-c3ccc(Cl)cc3)n(C)c2=S)CCO1. The van der Waals surface area contributed by atoms with Crippen LogP contribution in [0.1, 0.15) is 6.92 Å². The van der Waals surface area contributed by atoms with Crippen LogP contribution in [0.2, 0.25) is 5.02 Å². The average molecular weight is 339 g/mol. The lowest BCUT2D eigenvalue weighted by Crippen LogP contribution is -2.42. The standard InChI is InChI=1S/C15H19ClN4OS/c1-11-9-19(7-8-21-11)10-20-15(22)18(2)14(17-20)12-3-5-13(16)6-4-12/h3-6,11H,7-10H2,1-2H3. The molecular weight excluding hydrogens is 320 g/mol. The van der Waals surface area contributed by atoms with E-state index in [4.69, 9.17) is 28.6 Å². The van der Waals surface area contributed by atoms with Crippen molar-refractivity contribution in [3.8, 4) is 11.4 Å². The summed E-state index contributed by atoms with van der Waals surface area (Å²) in [5.41, 5.74) is 1.01. The first kappa shape index (κ1) is 15.7. The van der Waals surface area contributed by atoms with Gasteiger partial charge in [-0.25, -0.2) is 4.68 Å². The molecule has 5 nitrogen and oxygen atoms in total. The molecule has 1 aliphatic rings. The van der Waals surface area contributed by atoms with Gasteiger partial charge in [-0.15, -0.1) is 0 Å². The summed E-state index contributed by atoms with van der Waals surface area (Å²) in [5.74, 6) is 0.850. The zero-order chi connectivity index (χ0) is 15.7. The van der Waals surface area contributed by atoms with Gasteiger partial charge in [-0.3, -0.25) is 4.90 Å². The monoisotopic (exact) mass is 338 g/mol. The summed E-state index contributed by atoms with van der Waals surface area (Å²) in [6.07, 6.45) is 0.252. The molecule has 1 aromatic carbocycles. The lowest BCUT2D eigenvalue weighted by Gasteiger charge is -2.30. The van der Waals surface area contributed by atoms with E-state index in [1.54, 1.807) is 0 Å². The first-order valence-corrected chi connectivity index (χ1v) is 8.07. The third-order valence-corrected chi connectivity index (χ3v) is 4.54. The molecule has 2 aromatic rings. The highest BCUT2D eigenvalue weighted by atomic mass is 35.5. The van der Waals surface area contributed by atoms with Crippen LogP contribution in [0.15, 0.2) is 24.3 Å². The number of nitrogens with zero attached hydrogens (tertiary/aromatic N) is 4. The molecule has 22 heavy (non-hydrogen) atoms. The first-order valence-electron chi connectivity index (χ1n) is 7.28. The quantitative estimate of drug-likeness (QED) is 0.806. The summed E-state index contributed by atoms with van der Waals surface area (Å²) >= 11 is 11.5. The van der Waals surface area contributed by atoms with Gasteiger partial charge in [0.25, 0.3) is 0 Å².